The second-order valence-electron chi connectivity index (χ2n) is 5.51. The number of aromatic nitrogens is 2. The number of rotatable bonds is 7. The Morgan fingerprint density at radius 1 is 1.35 bits per heavy atom. The number of hydrogen-bond donors (Lipinski definition) is 2. The van der Waals surface area contributed by atoms with Crippen LogP contribution in [0.5, 0.6) is 5.75 Å². The summed E-state index contributed by atoms with van der Waals surface area (Å²) in [6, 6.07) is 9.16. The molecule has 0 radical (unpaired) electrons. The van der Waals surface area contributed by atoms with Gasteiger partial charge < -0.3 is 15.8 Å². The van der Waals surface area contributed by atoms with Crippen LogP contribution in [0, 0.1) is 5.92 Å². The Labute approximate surface area is 139 Å². The van der Waals surface area contributed by atoms with Gasteiger partial charge in [0.1, 0.15) is 5.75 Å². The van der Waals surface area contributed by atoms with Crippen molar-refractivity contribution in [1.82, 2.24) is 10.2 Å². The van der Waals surface area contributed by atoms with Crippen LogP contribution in [0.3, 0.4) is 0 Å². The number of anilines is 1. The topological polar surface area (TPSA) is 90.1 Å². The van der Waals surface area contributed by atoms with Crippen molar-refractivity contribution in [2.75, 3.05) is 11.9 Å². The number of amides is 1. The van der Waals surface area contributed by atoms with E-state index in [4.69, 9.17) is 22.1 Å². The van der Waals surface area contributed by atoms with Crippen molar-refractivity contribution in [2.45, 2.75) is 19.4 Å². The molecule has 2 aromatic rings. The van der Waals surface area contributed by atoms with Gasteiger partial charge in [0.05, 0.1) is 12.2 Å². The number of primary amides is 1. The average molecular weight is 333 g/mol. The number of nitrogens with two attached hydrogens (primary N) is 1. The Balaban J connectivity index is 1.72. The number of carbonyl (C=O) groups excluding carboxylic acids is 1. The van der Waals surface area contributed by atoms with Gasteiger partial charge in [0.25, 0.3) is 5.91 Å². The van der Waals surface area contributed by atoms with Crippen LogP contribution in [0.25, 0.3) is 0 Å². The molecule has 1 amide bonds. The molecule has 1 aliphatic carbocycles. The zero-order valence-corrected chi connectivity index (χ0v) is 13.2. The zero-order valence-electron chi connectivity index (χ0n) is 12.5. The van der Waals surface area contributed by atoms with Crippen LogP contribution in [0.2, 0.25) is 5.15 Å². The summed E-state index contributed by atoms with van der Waals surface area (Å²) in [7, 11) is 0. The van der Waals surface area contributed by atoms with E-state index in [1.807, 2.05) is 24.3 Å². The molecule has 1 aliphatic rings. The molecule has 0 saturated heterocycles. The van der Waals surface area contributed by atoms with E-state index in [0.717, 1.165) is 17.9 Å². The first kappa shape index (κ1) is 15.6. The Morgan fingerprint density at radius 2 is 2.13 bits per heavy atom. The molecule has 1 heterocycles. The van der Waals surface area contributed by atoms with Crippen molar-refractivity contribution in [1.29, 1.82) is 0 Å². The number of nitrogens with one attached hydrogen (secondary N) is 1. The highest BCUT2D eigenvalue weighted by Crippen LogP contribution is 2.30. The summed E-state index contributed by atoms with van der Waals surface area (Å²) in [6.45, 7) is 1.18. The van der Waals surface area contributed by atoms with Crippen molar-refractivity contribution >= 4 is 23.3 Å². The van der Waals surface area contributed by atoms with Gasteiger partial charge in [-0.2, -0.15) is 0 Å². The summed E-state index contributed by atoms with van der Waals surface area (Å²) in [5, 5.41) is 10.8. The zero-order chi connectivity index (χ0) is 16.2. The van der Waals surface area contributed by atoms with Crippen LogP contribution in [-0.4, -0.2) is 22.7 Å². The van der Waals surface area contributed by atoms with Crippen molar-refractivity contribution in [2.24, 2.45) is 11.7 Å². The summed E-state index contributed by atoms with van der Waals surface area (Å²) in [6.07, 6.45) is 2.48. The van der Waals surface area contributed by atoms with Gasteiger partial charge in [0, 0.05) is 12.1 Å². The van der Waals surface area contributed by atoms with E-state index in [2.05, 4.69) is 15.5 Å². The number of ether oxygens (including phenoxy) is 1. The molecule has 23 heavy (non-hydrogen) atoms. The number of benzene rings is 1. The largest absolute Gasteiger partial charge is 0.493 e. The van der Waals surface area contributed by atoms with E-state index in [0.29, 0.717) is 18.3 Å². The third-order valence-electron chi connectivity index (χ3n) is 3.62. The number of hydrogen-bond acceptors (Lipinski definition) is 5. The van der Waals surface area contributed by atoms with Gasteiger partial charge in [-0.25, -0.2) is 0 Å². The minimum Gasteiger partial charge on any atom is -0.493 e. The number of halogens is 1. The first-order chi connectivity index (χ1) is 11.1. The minimum absolute atomic E-state index is 0.123. The molecule has 0 atom stereocenters. The molecule has 3 N–H and O–H groups in total. The van der Waals surface area contributed by atoms with Gasteiger partial charge in [-0.05, 0) is 30.9 Å². The van der Waals surface area contributed by atoms with E-state index < -0.39 is 5.91 Å². The fourth-order valence-corrected chi connectivity index (χ4v) is 2.30. The molecular formula is C16H17ClN4O2. The fourth-order valence-electron chi connectivity index (χ4n) is 2.15. The van der Waals surface area contributed by atoms with Gasteiger partial charge >= 0.3 is 0 Å². The van der Waals surface area contributed by atoms with Gasteiger partial charge in [-0.3, -0.25) is 4.79 Å². The molecule has 1 aromatic carbocycles. The predicted octanol–water partition coefficient (Wildman–Crippen LogP) is 2.63. The normalized spacial score (nSPS) is 13.6. The Bertz CT molecular complexity index is 719. The molecular weight excluding hydrogens is 316 g/mol. The van der Waals surface area contributed by atoms with Crippen molar-refractivity contribution in [3.63, 3.8) is 0 Å². The summed E-state index contributed by atoms with van der Waals surface area (Å²) in [5.41, 5.74) is 6.52. The van der Waals surface area contributed by atoms with E-state index in [-0.39, 0.29) is 10.7 Å². The lowest BCUT2D eigenvalue weighted by Crippen LogP contribution is -2.16. The van der Waals surface area contributed by atoms with Crippen LogP contribution < -0.4 is 15.8 Å². The first-order valence-electron chi connectivity index (χ1n) is 7.41. The van der Waals surface area contributed by atoms with Gasteiger partial charge in [-0.15, -0.1) is 10.2 Å². The average Bonchev–Trinajstić information content (AvgIpc) is 3.36. The van der Waals surface area contributed by atoms with E-state index in [1.165, 1.54) is 18.9 Å². The Kier molecular flexibility index (Phi) is 4.62. The van der Waals surface area contributed by atoms with Gasteiger partial charge in [-0.1, -0.05) is 29.8 Å². The molecule has 120 valence electrons. The maximum absolute atomic E-state index is 11.5. The summed E-state index contributed by atoms with van der Waals surface area (Å²) in [5.74, 6) is 1.20. The molecule has 3 rings (SSSR count). The third-order valence-corrected chi connectivity index (χ3v) is 3.80. The first-order valence-corrected chi connectivity index (χ1v) is 7.79. The SMILES string of the molecule is NC(=O)c1cc(Cl)nnc1NCc1ccccc1OCC1CC1. The minimum atomic E-state index is -0.609. The molecule has 0 spiro atoms. The van der Waals surface area contributed by atoms with E-state index in [1.54, 1.807) is 0 Å². The monoisotopic (exact) mass is 332 g/mol. The fraction of sp³-hybridized carbons (Fsp3) is 0.312. The van der Waals surface area contributed by atoms with Crippen molar-refractivity contribution in [3.05, 3.63) is 46.6 Å². The van der Waals surface area contributed by atoms with Crippen molar-refractivity contribution < 1.29 is 9.53 Å². The van der Waals surface area contributed by atoms with Crippen LogP contribution in [0.1, 0.15) is 28.8 Å². The highest BCUT2D eigenvalue weighted by atomic mass is 35.5. The second kappa shape index (κ2) is 6.83. The lowest BCUT2D eigenvalue weighted by molar-refractivity contribution is 0.100. The number of nitrogens with zero attached hydrogens (tertiary/aromatic N) is 2. The quantitative estimate of drug-likeness (QED) is 0.813. The van der Waals surface area contributed by atoms with Crippen molar-refractivity contribution in [3.8, 4) is 5.75 Å². The summed E-state index contributed by atoms with van der Waals surface area (Å²) in [4.78, 5) is 11.5. The van der Waals surface area contributed by atoms with Crippen LogP contribution in [0.15, 0.2) is 30.3 Å². The van der Waals surface area contributed by atoms with Gasteiger partial charge in [0.15, 0.2) is 11.0 Å². The molecule has 7 heteroatoms. The van der Waals surface area contributed by atoms with E-state index >= 15 is 0 Å². The Morgan fingerprint density at radius 3 is 2.87 bits per heavy atom. The maximum atomic E-state index is 11.5. The molecule has 0 unspecified atom stereocenters. The van der Waals surface area contributed by atoms with Crippen LogP contribution in [0.4, 0.5) is 5.82 Å². The summed E-state index contributed by atoms with van der Waals surface area (Å²) < 4.78 is 5.86. The number of para-hydroxylation sites is 1. The lowest BCUT2D eigenvalue weighted by Gasteiger charge is -2.13. The molecule has 1 fully saturated rings. The number of carbonyl (C=O) groups is 1. The van der Waals surface area contributed by atoms with Crippen LogP contribution >= 0.6 is 11.6 Å². The second-order valence-corrected chi connectivity index (χ2v) is 5.90. The lowest BCUT2D eigenvalue weighted by atomic mass is 10.2. The Hall–Kier alpha value is -2.34. The highest BCUT2D eigenvalue weighted by molar-refractivity contribution is 6.29. The predicted molar refractivity (Wildman–Crippen MR) is 87.5 cm³/mol. The molecule has 1 aromatic heterocycles. The molecule has 1 saturated carbocycles. The molecule has 6 nitrogen and oxygen atoms in total. The van der Waals surface area contributed by atoms with E-state index in [9.17, 15) is 4.79 Å². The maximum Gasteiger partial charge on any atom is 0.252 e. The summed E-state index contributed by atoms with van der Waals surface area (Å²) >= 11 is 5.75. The molecule has 0 aliphatic heterocycles. The molecule has 0 bridgehead atoms. The highest BCUT2D eigenvalue weighted by Gasteiger charge is 2.22. The van der Waals surface area contributed by atoms with Crippen LogP contribution in [-0.2, 0) is 6.54 Å². The smallest absolute Gasteiger partial charge is 0.252 e. The van der Waals surface area contributed by atoms with Gasteiger partial charge in [0.2, 0.25) is 0 Å². The standard InChI is InChI=1S/C16H17ClN4O2/c17-14-7-12(15(18)22)16(21-20-14)19-8-11-3-1-2-4-13(11)23-9-10-5-6-10/h1-4,7,10H,5-6,8-9H2,(H2,18,22)(H,19,21). The third kappa shape index (κ3) is 4.10.